The molecule has 3 aromatic rings. The molecule has 0 aliphatic heterocycles. The molecule has 0 heterocycles. The van der Waals surface area contributed by atoms with Gasteiger partial charge in [0.1, 0.15) is 23.8 Å². The van der Waals surface area contributed by atoms with Gasteiger partial charge in [-0.05, 0) is 48.9 Å². The summed E-state index contributed by atoms with van der Waals surface area (Å²) in [6.45, 7) is 1.39. The van der Waals surface area contributed by atoms with Gasteiger partial charge in [-0.3, -0.25) is 9.10 Å². The van der Waals surface area contributed by atoms with Gasteiger partial charge in [-0.2, -0.15) is 0 Å². The minimum Gasteiger partial charge on any atom is -0.497 e. The van der Waals surface area contributed by atoms with Crippen LogP contribution in [0, 0.1) is 6.92 Å². The van der Waals surface area contributed by atoms with Crippen molar-refractivity contribution in [2.24, 2.45) is 0 Å². The Labute approximate surface area is 193 Å². The average Bonchev–Trinajstić information content (AvgIpc) is 2.82. The summed E-state index contributed by atoms with van der Waals surface area (Å²) in [6.07, 6.45) is 0. The number of carbonyl (C=O) groups excluding carboxylic acids is 1. The van der Waals surface area contributed by atoms with Gasteiger partial charge in [-0.15, -0.1) is 0 Å². The van der Waals surface area contributed by atoms with Crippen molar-refractivity contribution in [2.75, 3.05) is 37.5 Å². The van der Waals surface area contributed by atoms with E-state index in [9.17, 15) is 13.2 Å². The van der Waals surface area contributed by atoms with E-state index in [0.717, 1.165) is 9.87 Å². The number of hydrogen-bond donors (Lipinski definition) is 1. The third-order valence-electron chi connectivity index (χ3n) is 4.90. The maximum absolute atomic E-state index is 13.6. The predicted octanol–water partition coefficient (Wildman–Crippen LogP) is 3.85. The third-order valence-corrected chi connectivity index (χ3v) is 6.68. The maximum Gasteiger partial charge on any atom is 0.264 e. The van der Waals surface area contributed by atoms with Crippen molar-refractivity contribution < 1.29 is 27.4 Å². The second-order valence-electron chi connectivity index (χ2n) is 7.11. The van der Waals surface area contributed by atoms with Crippen LogP contribution >= 0.6 is 0 Å². The van der Waals surface area contributed by atoms with Crippen molar-refractivity contribution in [2.45, 2.75) is 11.8 Å². The van der Waals surface area contributed by atoms with Gasteiger partial charge in [0, 0.05) is 6.07 Å². The predicted molar refractivity (Wildman–Crippen MR) is 127 cm³/mol. The van der Waals surface area contributed by atoms with Gasteiger partial charge in [0.15, 0.2) is 0 Å². The number of rotatable bonds is 9. The summed E-state index contributed by atoms with van der Waals surface area (Å²) in [5, 5.41) is 2.75. The van der Waals surface area contributed by atoms with E-state index < -0.39 is 22.5 Å². The van der Waals surface area contributed by atoms with Crippen molar-refractivity contribution >= 4 is 27.3 Å². The van der Waals surface area contributed by atoms with Crippen LogP contribution in [0.5, 0.6) is 17.2 Å². The number of nitrogens with one attached hydrogen (secondary N) is 1. The van der Waals surface area contributed by atoms with E-state index in [4.69, 9.17) is 14.2 Å². The van der Waals surface area contributed by atoms with Crippen LogP contribution in [0.15, 0.2) is 71.6 Å². The number of nitrogens with zero attached hydrogens (tertiary/aromatic N) is 1. The number of hydrogen-bond acceptors (Lipinski definition) is 6. The van der Waals surface area contributed by atoms with Crippen LogP contribution in [-0.2, 0) is 14.8 Å². The quantitative estimate of drug-likeness (QED) is 0.511. The van der Waals surface area contributed by atoms with Crippen LogP contribution in [0.4, 0.5) is 11.4 Å². The van der Waals surface area contributed by atoms with Crippen LogP contribution in [-0.4, -0.2) is 42.2 Å². The Kier molecular flexibility index (Phi) is 7.44. The Bertz CT molecular complexity index is 1230. The number of methoxy groups -OCH3 is 3. The van der Waals surface area contributed by atoms with Crippen LogP contribution in [0.3, 0.4) is 0 Å². The first-order valence-corrected chi connectivity index (χ1v) is 11.5. The number of amides is 1. The van der Waals surface area contributed by atoms with Gasteiger partial charge in [0.25, 0.3) is 10.0 Å². The lowest BCUT2D eigenvalue weighted by molar-refractivity contribution is -0.114. The molecule has 0 aliphatic carbocycles. The molecule has 174 valence electrons. The number of benzene rings is 3. The number of aryl methyl sites for hydroxylation is 1. The molecule has 33 heavy (non-hydrogen) atoms. The standard InChI is InChI=1S/C24H26N2O6S/c1-17-10-13-22(31-3)20(14-17)25-24(27)16-26(33(28,29)19-8-6-5-7-9-19)21-12-11-18(30-2)15-23(21)32-4/h5-15H,16H2,1-4H3,(H,25,27). The first-order chi connectivity index (χ1) is 15.8. The van der Waals surface area contributed by atoms with Crippen LogP contribution in [0.2, 0.25) is 0 Å². The van der Waals surface area contributed by atoms with Crippen LogP contribution in [0.1, 0.15) is 5.56 Å². The molecule has 0 radical (unpaired) electrons. The normalized spacial score (nSPS) is 10.9. The van der Waals surface area contributed by atoms with Crippen molar-refractivity contribution in [3.63, 3.8) is 0 Å². The molecule has 0 bridgehead atoms. The molecule has 0 atom stereocenters. The van der Waals surface area contributed by atoms with Crippen molar-refractivity contribution in [3.8, 4) is 17.2 Å². The minimum absolute atomic E-state index is 0.0452. The lowest BCUT2D eigenvalue weighted by Crippen LogP contribution is -2.38. The van der Waals surface area contributed by atoms with E-state index in [1.807, 2.05) is 13.0 Å². The molecule has 0 saturated heterocycles. The van der Waals surface area contributed by atoms with E-state index in [0.29, 0.717) is 17.2 Å². The Morgan fingerprint density at radius 3 is 2.21 bits per heavy atom. The smallest absolute Gasteiger partial charge is 0.264 e. The monoisotopic (exact) mass is 470 g/mol. The van der Waals surface area contributed by atoms with Crippen molar-refractivity contribution in [1.29, 1.82) is 0 Å². The summed E-state index contributed by atoms with van der Waals surface area (Å²) in [7, 11) is 0.313. The first-order valence-electron chi connectivity index (χ1n) is 10.0. The molecular weight excluding hydrogens is 444 g/mol. The number of ether oxygens (including phenoxy) is 3. The second-order valence-corrected chi connectivity index (χ2v) is 8.98. The largest absolute Gasteiger partial charge is 0.497 e. The fraction of sp³-hybridized carbons (Fsp3) is 0.208. The van der Waals surface area contributed by atoms with E-state index in [2.05, 4.69) is 5.32 Å². The van der Waals surface area contributed by atoms with E-state index in [1.165, 1.54) is 33.5 Å². The molecule has 0 saturated carbocycles. The molecule has 0 aliphatic rings. The van der Waals surface area contributed by atoms with Crippen molar-refractivity contribution in [1.82, 2.24) is 0 Å². The molecule has 1 amide bonds. The molecule has 8 nitrogen and oxygen atoms in total. The van der Waals surface area contributed by atoms with Crippen LogP contribution < -0.4 is 23.8 Å². The Morgan fingerprint density at radius 1 is 0.879 bits per heavy atom. The number of carbonyl (C=O) groups is 1. The third kappa shape index (κ3) is 5.38. The molecule has 3 rings (SSSR count). The number of anilines is 2. The summed E-state index contributed by atoms with van der Waals surface area (Å²) in [4.78, 5) is 13.1. The topological polar surface area (TPSA) is 94.2 Å². The summed E-state index contributed by atoms with van der Waals surface area (Å²) in [5.74, 6) is 0.654. The number of sulfonamides is 1. The molecule has 9 heteroatoms. The van der Waals surface area contributed by atoms with E-state index >= 15 is 0 Å². The van der Waals surface area contributed by atoms with Crippen molar-refractivity contribution in [3.05, 3.63) is 72.3 Å². The zero-order valence-corrected chi connectivity index (χ0v) is 19.7. The van der Waals surface area contributed by atoms with Crippen LogP contribution in [0.25, 0.3) is 0 Å². The highest BCUT2D eigenvalue weighted by Crippen LogP contribution is 2.35. The minimum atomic E-state index is -4.10. The Balaban J connectivity index is 2.03. The van der Waals surface area contributed by atoms with E-state index in [-0.39, 0.29) is 16.3 Å². The fourth-order valence-corrected chi connectivity index (χ4v) is 4.70. The molecule has 0 spiro atoms. The summed E-state index contributed by atoms with van der Waals surface area (Å²) < 4.78 is 44.1. The average molecular weight is 471 g/mol. The summed E-state index contributed by atoms with van der Waals surface area (Å²) in [6, 6.07) is 17.9. The molecule has 1 N–H and O–H groups in total. The highest BCUT2D eigenvalue weighted by atomic mass is 32.2. The fourth-order valence-electron chi connectivity index (χ4n) is 3.25. The highest BCUT2D eigenvalue weighted by Gasteiger charge is 2.30. The van der Waals surface area contributed by atoms with Gasteiger partial charge in [-0.25, -0.2) is 8.42 Å². The summed E-state index contributed by atoms with van der Waals surface area (Å²) in [5.41, 5.74) is 1.56. The lowest BCUT2D eigenvalue weighted by Gasteiger charge is -2.26. The Hall–Kier alpha value is -3.72. The van der Waals surface area contributed by atoms with Gasteiger partial charge >= 0.3 is 0 Å². The zero-order chi connectivity index (χ0) is 24.0. The van der Waals surface area contributed by atoms with Gasteiger partial charge in [-0.1, -0.05) is 24.3 Å². The second kappa shape index (κ2) is 10.3. The molecule has 0 fully saturated rings. The highest BCUT2D eigenvalue weighted by molar-refractivity contribution is 7.92. The molecular formula is C24H26N2O6S. The van der Waals surface area contributed by atoms with Gasteiger partial charge in [0.05, 0.1) is 37.6 Å². The first kappa shape index (κ1) is 23.9. The Morgan fingerprint density at radius 2 is 1.58 bits per heavy atom. The lowest BCUT2D eigenvalue weighted by atomic mass is 10.2. The summed E-state index contributed by atoms with van der Waals surface area (Å²) >= 11 is 0. The van der Waals surface area contributed by atoms with E-state index in [1.54, 1.807) is 48.5 Å². The SMILES string of the molecule is COc1ccc(N(CC(=O)Nc2cc(C)ccc2OC)S(=O)(=O)c2ccccc2)c(OC)c1. The zero-order valence-electron chi connectivity index (χ0n) is 18.9. The van der Waals surface area contributed by atoms with Gasteiger partial charge in [0.2, 0.25) is 5.91 Å². The molecule has 0 aromatic heterocycles. The maximum atomic E-state index is 13.6. The molecule has 3 aromatic carbocycles. The molecule has 0 unspecified atom stereocenters. The van der Waals surface area contributed by atoms with Gasteiger partial charge < -0.3 is 19.5 Å².